The van der Waals surface area contributed by atoms with Crippen molar-refractivity contribution in [3.05, 3.63) is 0 Å². The highest BCUT2D eigenvalue weighted by Crippen LogP contribution is 2.44. The van der Waals surface area contributed by atoms with Gasteiger partial charge in [0.2, 0.25) is 35.4 Å². The van der Waals surface area contributed by atoms with Crippen LogP contribution >= 0.6 is 0 Å². The summed E-state index contributed by atoms with van der Waals surface area (Å²) in [5.41, 5.74) is 0. The van der Waals surface area contributed by atoms with Gasteiger partial charge in [-0.2, -0.15) is 0 Å². The molecule has 64 nitrogen and oxygen atoms in total. The third-order valence-corrected chi connectivity index (χ3v) is 27.9. The van der Waals surface area contributed by atoms with Crippen LogP contribution < -0.4 is 31.9 Å². The second-order valence-electron chi connectivity index (χ2n) is 38.3. The first-order valence-corrected chi connectivity index (χ1v) is 48.2. The third kappa shape index (κ3) is 27.3. The smallest absolute Gasteiger partial charge is 0.217 e. The summed E-state index contributed by atoms with van der Waals surface area (Å²) < 4.78 is 142. The molecule has 0 aromatic carbocycles. The van der Waals surface area contributed by atoms with Gasteiger partial charge in [-0.25, -0.2) is 0 Å². The van der Waals surface area contributed by atoms with E-state index < -0.39 is 476 Å². The highest BCUT2D eigenvalue weighted by molar-refractivity contribution is 5.75. The topological polar surface area (TPSA) is 974 Å². The Morgan fingerprint density at radius 2 is 0.403 bits per heavy atom. The largest absolute Gasteiger partial charge is 0.394 e. The van der Waals surface area contributed by atoms with E-state index in [0.29, 0.717) is 0 Å². The molecule has 12 aliphatic rings. The predicted molar refractivity (Wildman–Crippen MR) is 465 cm³/mol. The SMILES string of the molecule is CC(=O)N[C@H]1[C@H](O[C@@H]2[C@@H](OC[C@H]3O[C@@H](O[C@H]4[C@H](O)[C@@H](NC(C)=O)[C@H](O[C@H]5[C@H](O)[C@@H](NC(C)=O)C(O)O[C@@H]5CO)O[C@@H]4CO)[C@@H](O[C@@H]4O[C@H](CO)[C@H](O)[C@H]4O)[C@@H](O[C@H]4O[C@H](CO)[C@@H](O)[C@H](O)[C@@H]4O[C@@H]4O[C@H](CO)[C@@H](O[C@@H]5O[C@H](CO)[C@H](O)[C@H](O[C@@H]6O[C@H](CO)[C@H](O)[C@H](C)[C@H]6O)[C@H]5NC(C)=O)[C@H](O)[C@H]4NC(C)=O)[C@@H]3O)O[C@H](CO)[C@@H](O)[C@@H]2O)O[C@H](CO)[C@@H](O[C@@H]2O[C@H](CO)[C@H](O)[C@H](O[C@@H]3O[C@H](CO)[C@H](O)[C@H](C)[C@H]3O)[C@H]2NC(C)=O)[C@@H]1O. The average Bonchev–Trinajstić information content (AvgIpc) is 1.74. The third-order valence-electron chi connectivity index (χ3n) is 27.9. The van der Waals surface area contributed by atoms with E-state index in [4.69, 9.17) is 109 Å². The standard InChI is InChI=1S/C85H142N6O58/c1-21-47(109)29(9-92)131-80(49(21)111)144-68-45(90-27(7)107)78(129-34(14-97)54(68)116)141-65-37(17-100)137-76(43(58(65)120)88-25(5)105)147-71-61(123)51(113)31(11-94)134-83(71)127-20-40-56(118)70(73(149-82-63(125)53(115)33(13-96)133-82)85(139-40)143-67-39(19-102)136-75(42(60(67)122)87-24(4)104)140-64-36(16-99)128-74(126)41(57(64)119)86-23(3)103)146-84-72(62(124)52(114)32(12-95)135-84)148-77-44(89-26(6)106)59(121)66(38(18-101)138-77)142-79-46(91-28(8)108)69(55(117)35(15-98)130-79)145-81-50(112)22(2)48(110)30(10-93)132-81/h21-22,29-85,92-102,109-126H,9-20H2,1-8H3,(H,86,103)(H,87,104)(H,88,105)(H,89,106)(H,90,107)(H,91,108)/t21-,22-,29+,30+,31+,32+,33+,34+,35+,36+,37+,38+,39+,40+,41+,42+,43+,44+,45+,46+,47+,48+,49+,50+,51+,52+,53-,54-,55-,56+,57+,58+,59+,60+,61-,62-,63+,64+,65+,66+,67+,68+,69+,70-,71-,72-,73-,74?,75-,76-,77-,78-,79-,80-,81-,82-,83-,84+,85-/m0/s1. The highest BCUT2D eigenvalue weighted by Gasteiger charge is 2.65. The van der Waals surface area contributed by atoms with Crippen LogP contribution in [0.2, 0.25) is 0 Å². The summed E-state index contributed by atoms with van der Waals surface area (Å²) >= 11 is 0. The molecule has 12 aliphatic heterocycles. The first-order chi connectivity index (χ1) is 70.6. The van der Waals surface area contributed by atoms with Crippen molar-refractivity contribution in [2.45, 2.75) is 405 Å². The molecule has 12 rings (SSSR count). The van der Waals surface area contributed by atoms with Crippen LogP contribution in [0.5, 0.6) is 0 Å². The molecule has 149 heavy (non-hydrogen) atoms. The molecule has 1 unspecified atom stereocenters. The Bertz CT molecular complexity index is 4210. The number of ether oxygens (including phenoxy) is 23. The highest BCUT2D eigenvalue weighted by atomic mass is 16.8. The number of carbonyl (C=O) groups is 6. The fraction of sp³-hybridized carbons (Fsp3) is 0.929. The number of carbonyl (C=O) groups excluding carboxylic acids is 6. The lowest BCUT2D eigenvalue weighted by atomic mass is 9.90. The molecule has 0 aromatic rings. The van der Waals surface area contributed by atoms with Crippen LogP contribution in [-0.4, -0.2) is 613 Å². The van der Waals surface area contributed by atoms with Crippen molar-refractivity contribution in [1.29, 1.82) is 0 Å². The van der Waals surface area contributed by atoms with E-state index in [1.165, 1.54) is 13.8 Å². The molecule has 12 fully saturated rings. The molecule has 0 saturated carbocycles. The minimum absolute atomic E-state index is 0.821. The molecule has 12 saturated heterocycles. The zero-order valence-electron chi connectivity index (χ0n) is 81.4. The fourth-order valence-corrected chi connectivity index (χ4v) is 19.9. The van der Waals surface area contributed by atoms with Gasteiger partial charge in [0.05, 0.1) is 91.5 Å². The van der Waals surface area contributed by atoms with E-state index in [9.17, 15) is 177 Å². The van der Waals surface area contributed by atoms with Crippen LogP contribution in [0.4, 0.5) is 0 Å². The normalized spacial score (nSPS) is 48.4. The lowest BCUT2D eigenvalue weighted by Crippen LogP contribution is -2.71. The van der Waals surface area contributed by atoms with Gasteiger partial charge in [0.1, 0.15) is 262 Å². The Morgan fingerprint density at radius 1 is 0.188 bits per heavy atom. The molecule has 0 radical (unpaired) electrons. The van der Waals surface area contributed by atoms with Gasteiger partial charge in [-0.3, -0.25) is 28.8 Å². The van der Waals surface area contributed by atoms with Gasteiger partial charge in [0, 0.05) is 53.4 Å². The van der Waals surface area contributed by atoms with Crippen LogP contribution in [0.3, 0.4) is 0 Å². The van der Waals surface area contributed by atoms with E-state index in [1.54, 1.807) is 0 Å². The van der Waals surface area contributed by atoms with Crippen molar-refractivity contribution < 1.29 is 286 Å². The van der Waals surface area contributed by atoms with E-state index in [0.717, 1.165) is 41.5 Å². The van der Waals surface area contributed by atoms with Crippen molar-refractivity contribution in [2.24, 2.45) is 11.8 Å². The van der Waals surface area contributed by atoms with Crippen molar-refractivity contribution in [2.75, 3.05) is 79.3 Å². The Labute approximate surface area is 846 Å². The van der Waals surface area contributed by atoms with Gasteiger partial charge < -0.3 is 289 Å². The Balaban J connectivity index is 0.915. The molecular weight excluding hydrogens is 2030 g/mol. The summed E-state index contributed by atoms with van der Waals surface area (Å²) in [5.74, 6) is -7.93. The second-order valence-corrected chi connectivity index (χ2v) is 38.3. The molecule has 6 amide bonds. The zero-order valence-corrected chi connectivity index (χ0v) is 81.4. The van der Waals surface area contributed by atoms with Crippen LogP contribution in [0.25, 0.3) is 0 Å². The van der Waals surface area contributed by atoms with Crippen molar-refractivity contribution in [3.8, 4) is 0 Å². The Kier molecular flexibility index (Phi) is 44.2. The minimum atomic E-state index is -2.69. The Hall–Kier alpha value is -5.26. The Morgan fingerprint density at radius 3 is 0.752 bits per heavy atom. The van der Waals surface area contributed by atoms with Crippen LogP contribution in [-0.2, 0) is 138 Å². The van der Waals surface area contributed by atoms with Gasteiger partial charge in [-0.05, 0) is 0 Å². The number of hydrogen-bond acceptors (Lipinski definition) is 58. The van der Waals surface area contributed by atoms with E-state index >= 15 is 0 Å². The van der Waals surface area contributed by atoms with E-state index in [1.807, 2.05) is 0 Å². The number of aliphatic hydroxyl groups excluding tert-OH is 29. The number of rotatable bonds is 40. The van der Waals surface area contributed by atoms with Gasteiger partial charge in [0.25, 0.3) is 0 Å². The lowest BCUT2D eigenvalue weighted by Gasteiger charge is -2.52. The quantitative estimate of drug-likeness (QED) is 0.0271. The molecule has 0 spiro atoms. The number of aliphatic hydroxyl groups is 29. The molecule has 860 valence electrons. The molecule has 0 aliphatic carbocycles. The molecular formula is C85H142N6O58. The number of hydrogen-bond donors (Lipinski definition) is 35. The monoisotopic (exact) mass is 2170 g/mol. The molecule has 64 heteroatoms. The first-order valence-electron chi connectivity index (χ1n) is 48.2. The summed E-state index contributed by atoms with van der Waals surface area (Å²) in [5, 5.41) is 346. The molecule has 59 atom stereocenters. The maximum absolute atomic E-state index is 13.6. The second kappa shape index (κ2) is 53.9. The fourth-order valence-electron chi connectivity index (χ4n) is 19.9. The van der Waals surface area contributed by atoms with Crippen molar-refractivity contribution >= 4 is 35.4 Å². The van der Waals surface area contributed by atoms with Crippen molar-refractivity contribution in [3.63, 3.8) is 0 Å². The summed E-state index contributed by atoms with van der Waals surface area (Å²) in [6, 6.07) is -11.6. The van der Waals surface area contributed by atoms with Gasteiger partial charge in [-0.1, -0.05) is 13.8 Å². The summed E-state index contributed by atoms with van der Waals surface area (Å²) in [4.78, 5) is 79.1. The maximum Gasteiger partial charge on any atom is 0.217 e. The molecule has 35 N–H and O–H groups in total. The summed E-state index contributed by atoms with van der Waals surface area (Å²) in [6.45, 7) is -5.36. The minimum Gasteiger partial charge on any atom is -0.394 e. The number of nitrogens with one attached hydrogen (secondary N) is 6. The van der Waals surface area contributed by atoms with Crippen LogP contribution in [0.15, 0.2) is 0 Å². The van der Waals surface area contributed by atoms with E-state index in [2.05, 4.69) is 31.9 Å². The zero-order chi connectivity index (χ0) is 110. The summed E-state index contributed by atoms with van der Waals surface area (Å²) in [7, 11) is 0. The molecule has 0 aromatic heterocycles. The van der Waals surface area contributed by atoms with E-state index in [-0.39, 0.29) is 0 Å². The van der Waals surface area contributed by atoms with Crippen molar-refractivity contribution in [1.82, 2.24) is 31.9 Å². The number of amides is 6. The lowest BCUT2D eigenvalue weighted by molar-refractivity contribution is -0.408. The maximum atomic E-state index is 13.6. The van der Waals surface area contributed by atoms with Crippen LogP contribution in [0.1, 0.15) is 55.4 Å². The average molecular weight is 2180 g/mol. The van der Waals surface area contributed by atoms with Gasteiger partial charge in [0.15, 0.2) is 75.5 Å². The van der Waals surface area contributed by atoms with Crippen LogP contribution in [0, 0.1) is 11.8 Å². The van der Waals surface area contributed by atoms with Gasteiger partial charge >= 0.3 is 0 Å². The summed E-state index contributed by atoms with van der Waals surface area (Å²) in [6.07, 6.45) is -108. The molecule has 12 heterocycles. The molecule has 0 bridgehead atoms. The predicted octanol–water partition coefficient (Wildman–Crippen LogP) is -23.1. The van der Waals surface area contributed by atoms with Gasteiger partial charge in [-0.15, -0.1) is 0 Å². The first kappa shape index (κ1) is 122.